The predicted octanol–water partition coefficient (Wildman–Crippen LogP) is 6.07. The number of amides is 4. The van der Waals surface area contributed by atoms with Crippen molar-refractivity contribution in [3.63, 3.8) is 0 Å². The van der Waals surface area contributed by atoms with E-state index in [-0.39, 0.29) is 27.8 Å². The molecule has 0 bridgehead atoms. The summed E-state index contributed by atoms with van der Waals surface area (Å²) in [6.07, 6.45) is 1.37. The first kappa shape index (κ1) is 29.0. The van der Waals surface area contributed by atoms with E-state index in [9.17, 15) is 14.4 Å². The molecule has 0 atom stereocenters. The second-order valence-electron chi connectivity index (χ2n) is 8.65. The number of carbonyl (C=O) groups excluding carboxylic acids is 3. The summed E-state index contributed by atoms with van der Waals surface area (Å²) in [6.45, 7) is 4.51. The minimum Gasteiger partial charge on any atom is -0.495 e. The third-order valence-electron chi connectivity index (χ3n) is 5.94. The van der Waals surface area contributed by atoms with Gasteiger partial charge in [0.2, 0.25) is 0 Å². The molecule has 40 heavy (non-hydrogen) atoms. The molecule has 4 amide bonds. The van der Waals surface area contributed by atoms with Gasteiger partial charge in [0.15, 0.2) is 11.5 Å². The van der Waals surface area contributed by atoms with Gasteiger partial charge in [-0.15, -0.1) is 0 Å². The Bertz CT molecular complexity index is 1510. The first-order valence-corrected chi connectivity index (χ1v) is 13.3. The number of nitrogens with one attached hydrogen (secondary N) is 1. The highest BCUT2D eigenvalue weighted by Crippen LogP contribution is 2.40. The number of urea groups is 1. The Balaban J connectivity index is 1.70. The van der Waals surface area contributed by atoms with Crippen LogP contribution in [0.15, 0.2) is 58.6 Å². The number of hydrogen-bond donors (Lipinski definition) is 1. The van der Waals surface area contributed by atoms with Crippen LogP contribution in [0.3, 0.4) is 0 Å². The number of barbiturate groups is 1. The molecule has 208 valence electrons. The van der Waals surface area contributed by atoms with Crippen molar-refractivity contribution in [2.45, 2.75) is 20.5 Å². The predicted molar refractivity (Wildman–Crippen MR) is 154 cm³/mol. The summed E-state index contributed by atoms with van der Waals surface area (Å²) in [5.74, 6) is -0.466. The molecule has 0 aliphatic carbocycles. The van der Waals surface area contributed by atoms with Crippen molar-refractivity contribution in [1.82, 2.24) is 5.32 Å². The van der Waals surface area contributed by atoms with Gasteiger partial charge in [-0.25, -0.2) is 9.69 Å². The topological polar surface area (TPSA) is 103 Å². The quantitative estimate of drug-likeness (QED) is 0.226. The summed E-state index contributed by atoms with van der Waals surface area (Å²) in [4.78, 5) is 39.9. The van der Waals surface area contributed by atoms with E-state index in [0.717, 1.165) is 16.0 Å². The fourth-order valence-electron chi connectivity index (χ4n) is 3.98. The third-order valence-corrected chi connectivity index (χ3v) is 6.83. The summed E-state index contributed by atoms with van der Waals surface area (Å²) in [5, 5.41) is 2.42. The van der Waals surface area contributed by atoms with Crippen LogP contribution in [0.2, 0.25) is 5.02 Å². The van der Waals surface area contributed by atoms with Crippen LogP contribution in [0.1, 0.15) is 23.6 Å². The van der Waals surface area contributed by atoms with Gasteiger partial charge in [0.05, 0.1) is 36.0 Å². The number of anilines is 1. The monoisotopic (exact) mass is 628 g/mol. The minimum absolute atomic E-state index is 0.0562. The molecule has 3 aromatic rings. The fourth-order valence-corrected chi connectivity index (χ4v) is 4.78. The average Bonchev–Trinajstić information content (AvgIpc) is 2.92. The zero-order valence-corrected chi connectivity index (χ0v) is 24.5. The van der Waals surface area contributed by atoms with E-state index >= 15 is 0 Å². The van der Waals surface area contributed by atoms with Gasteiger partial charge in [-0.05, 0) is 59.1 Å². The first-order valence-electron chi connectivity index (χ1n) is 12.1. The molecule has 0 saturated carbocycles. The van der Waals surface area contributed by atoms with Crippen LogP contribution < -0.4 is 29.2 Å². The number of nitrogens with zero attached hydrogens (tertiary/aromatic N) is 1. The van der Waals surface area contributed by atoms with Gasteiger partial charge in [0.25, 0.3) is 11.8 Å². The molecule has 1 fully saturated rings. The maximum Gasteiger partial charge on any atom is 0.336 e. The van der Waals surface area contributed by atoms with Gasteiger partial charge in [-0.3, -0.25) is 14.9 Å². The van der Waals surface area contributed by atoms with Crippen molar-refractivity contribution in [3.8, 4) is 23.0 Å². The lowest BCUT2D eigenvalue weighted by Gasteiger charge is -2.28. The van der Waals surface area contributed by atoms with Gasteiger partial charge in [-0.2, -0.15) is 0 Å². The number of benzene rings is 3. The average molecular weight is 630 g/mol. The normalized spacial score (nSPS) is 14.3. The lowest BCUT2D eigenvalue weighted by molar-refractivity contribution is -0.122. The summed E-state index contributed by atoms with van der Waals surface area (Å²) in [5.41, 5.74) is 2.37. The molecule has 9 nitrogen and oxygen atoms in total. The van der Waals surface area contributed by atoms with E-state index in [1.165, 1.54) is 32.4 Å². The molecule has 4 rings (SSSR count). The molecule has 0 radical (unpaired) electrons. The third kappa shape index (κ3) is 6.08. The van der Waals surface area contributed by atoms with Crippen molar-refractivity contribution in [2.75, 3.05) is 25.7 Å². The van der Waals surface area contributed by atoms with Gasteiger partial charge in [0, 0.05) is 12.1 Å². The lowest BCUT2D eigenvalue weighted by Crippen LogP contribution is -2.54. The molecule has 1 saturated heterocycles. The Morgan fingerprint density at radius 2 is 1.65 bits per heavy atom. The molecule has 1 aliphatic heterocycles. The van der Waals surface area contributed by atoms with E-state index in [2.05, 4.69) is 21.2 Å². The van der Waals surface area contributed by atoms with E-state index in [1.54, 1.807) is 12.1 Å². The standard InChI is InChI=1S/C29H26BrClN2O7/c1-5-39-25-12-18(11-20(30)26(25)40-15-17-8-6-16(2)7-9-17)10-19-27(34)32-29(36)33(28(19)35)22-14-23(37-3)21(31)13-24(22)38-4/h6-14H,5,15H2,1-4H3,(H,32,34,36)/b19-10+. The van der Waals surface area contributed by atoms with E-state index in [1.807, 2.05) is 38.1 Å². The minimum atomic E-state index is -0.939. The van der Waals surface area contributed by atoms with Crippen LogP contribution in [0, 0.1) is 6.92 Å². The van der Waals surface area contributed by atoms with Crippen LogP contribution in [0.5, 0.6) is 23.0 Å². The summed E-state index contributed by atoms with van der Waals surface area (Å²) in [6, 6.07) is 13.2. The summed E-state index contributed by atoms with van der Waals surface area (Å²) >= 11 is 9.70. The number of aryl methyl sites for hydroxylation is 1. The maximum absolute atomic E-state index is 13.5. The molecule has 0 spiro atoms. The molecular formula is C29H26BrClN2O7. The van der Waals surface area contributed by atoms with E-state index < -0.39 is 17.8 Å². The van der Waals surface area contributed by atoms with E-state index in [0.29, 0.717) is 34.7 Å². The molecule has 0 unspecified atom stereocenters. The van der Waals surface area contributed by atoms with Crippen molar-refractivity contribution >= 4 is 57.1 Å². The van der Waals surface area contributed by atoms with E-state index in [4.69, 9.17) is 30.5 Å². The number of imide groups is 2. The van der Waals surface area contributed by atoms with Crippen molar-refractivity contribution < 1.29 is 33.3 Å². The van der Waals surface area contributed by atoms with Crippen LogP contribution in [0.4, 0.5) is 10.5 Å². The molecule has 3 aromatic carbocycles. The van der Waals surface area contributed by atoms with Crippen LogP contribution in [-0.2, 0) is 16.2 Å². The molecular weight excluding hydrogens is 604 g/mol. The zero-order valence-electron chi connectivity index (χ0n) is 22.2. The number of ether oxygens (including phenoxy) is 4. The molecule has 1 aliphatic rings. The molecule has 1 N–H and O–H groups in total. The molecule has 1 heterocycles. The smallest absolute Gasteiger partial charge is 0.336 e. The van der Waals surface area contributed by atoms with Gasteiger partial charge >= 0.3 is 6.03 Å². The highest BCUT2D eigenvalue weighted by molar-refractivity contribution is 9.10. The highest BCUT2D eigenvalue weighted by atomic mass is 79.9. The maximum atomic E-state index is 13.5. The number of halogens is 2. The van der Waals surface area contributed by atoms with Gasteiger partial charge in [0.1, 0.15) is 23.7 Å². The number of carbonyl (C=O) groups is 3. The second-order valence-corrected chi connectivity index (χ2v) is 9.92. The van der Waals surface area contributed by atoms with Crippen molar-refractivity contribution in [3.05, 3.63) is 80.3 Å². The van der Waals surface area contributed by atoms with Crippen molar-refractivity contribution in [2.24, 2.45) is 0 Å². The Morgan fingerprint density at radius 3 is 2.30 bits per heavy atom. The zero-order chi connectivity index (χ0) is 29.0. The Labute approximate surface area is 244 Å². The molecule has 11 heteroatoms. The number of hydrogen-bond acceptors (Lipinski definition) is 7. The Kier molecular flexibility index (Phi) is 9.01. The summed E-state index contributed by atoms with van der Waals surface area (Å²) < 4.78 is 23.0. The second kappa shape index (κ2) is 12.4. The number of methoxy groups -OCH3 is 2. The highest BCUT2D eigenvalue weighted by Gasteiger charge is 2.38. The first-order chi connectivity index (χ1) is 19.2. The van der Waals surface area contributed by atoms with Gasteiger partial charge in [-0.1, -0.05) is 41.4 Å². The van der Waals surface area contributed by atoms with Crippen LogP contribution in [-0.4, -0.2) is 38.7 Å². The SMILES string of the molecule is CCOc1cc(/C=C2\C(=O)NC(=O)N(c3cc(OC)c(Cl)cc3OC)C2=O)cc(Br)c1OCc1ccc(C)cc1. The van der Waals surface area contributed by atoms with Crippen LogP contribution >= 0.6 is 27.5 Å². The molecule has 0 aromatic heterocycles. The largest absolute Gasteiger partial charge is 0.495 e. The number of rotatable bonds is 9. The van der Waals surface area contributed by atoms with Gasteiger partial charge < -0.3 is 18.9 Å². The Morgan fingerprint density at radius 1 is 0.950 bits per heavy atom. The lowest BCUT2D eigenvalue weighted by atomic mass is 10.1. The van der Waals surface area contributed by atoms with Crippen LogP contribution in [0.25, 0.3) is 6.08 Å². The fraction of sp³-hybridized carbons (Fsp3) is 0.207. The summed E-state index contributed by atoms with van der Waals surface area (Å²) in [7, 11) is 2.76. The Hall–Kier alpha value is -4.02. The van der Waals surface area contributed by atoms with Crippen molar-refractivity contribution in [1.29, 1.82) is 0 Å².